The van der Waals surface area contributed by atoms with Crippen molar-refractivity contribution < 1.29 is 24.2 Å². The highest BCUT2D eigenvalue weighted by molar-refractivity contribution is 5.78. The lowest BCUT2D eigenvalue weighted by Gasteiger charge is -2.50. The van der Waals surface area contributed by atoms with Crippen molar-refractivity contribution in [1.82, 2.24) is 5.32 Å². The smallest absolute Gasteiger partial charge is 0.407 e. The number of hydrogen-bond acceptors (Lipinski definition) is 4. The van der Waals surface area contributed by atoms with Gasteiger partial charge in [-0.15, -0.1) is 0 Å². The highest BCUT2D eigenvalue weighted by Crippen LogP contribution is 2.48. The Morgan fingerprint density at radius 3 is 2.25 bits per heavy atom. The summed E-state index contributed by atoms with van der Waals surface area (Å²) in [5.41, 5.74) is -1.66. The molecule has 0 aromatic rings. The number of nitrogens with one attached hydrogen (secondary N) is 1. The van der Waals surface area contributed by atoms with Gasteiger partial charge in [0, 0.05) is 12.0 Å². The number of alkyl carbamates (subject to hydrolysis) is 1. The first-order valence-corrected chi connectivity index (χ1v) is 7.01. The van der Waals surface area contributed by atoms with E-state index in [9.17, 15) is 14.7 Å². The molecule has 6 nitrogen and oxygen atoms in total. The van der Waals surface area contributed by atoms with Gasteiger partial charge in [0.15, 0.2) is 5.60 Å². The van der Waals surface area contributed by atoms with E-state index < -0.39 is 23.3 Å². The van der Waals surface area contributed by atoms with Gasteiger partial charge in [0.2, 0.25) is 0 Å². The maximum Gasteiger partial charge on any atom is 0.407 e. The number of carboxylic acid groups (broad SMARTS) is 1. The van der Waals surface area contributed by atoms with E-state index in [1.807, 2.05) is 20.8 Å². The van der Waals surface area contributed by atoms with Gasteiger partial charge < -0.3 is 19.9 Å². The fourth-order valence-electron chi connectivity index (χ4n) is 2.84. The van der Waals surface area contributed by atoms with E-state index in [1.54, 1.807) is 0 Å². The molecular formula is C14H23NO5. The highest BCUT2D eigenvalue weighted by atomic mass is 16.6. The predicted octanol–water partition coefficient (Wildman–Crippen LogP) is 1.93. The van der Waals surface area contributed by atoms with Crippen LogP contribution in [0, 0.1) is 5.41 Å². The molecule has 0 spiro atoms. The first kappa shape index (κ1) is 15.1. The second-order valence-electron chi connectivity index (χ2n) is 6.94. The minimum atomic E-state index is -0.992. The van der Waals surface area contributed by atoms with Crippen LogP contribution in [0.4, 0.5) is 4.79 Å². The van der Waals surface area contributed by atoms with Crippen LogP contribution >= 0.6 is 0 Å². The van der Waals surface area contributed by atoms with Crippen molar-refractivity contribution in [2.24, 2.45) is 5.41 Å². The Bertz CT molecular complexity index is 388. The molecule has 1 aliphatic carbocycles. The molecule has 3 rings (SSSR count). The molecule has 2 saturated heterocycles. The molecule has 6 heteroatoms. The average Bonchev–Trinajstić information content (AvgIpc) is 2.37. The van der Waals surface area contributed by atoms with Gasteiger partial charge in [-0.3, -0.25) is 0 Å². The zero-order valence-electron chi connectivity index (χ0n) is 12.3. The van der Waals surface area contributed by atoms with Crippen LogP contribution in [0.1, 0.15) is 46.5 Å². The van der Waals surface area contributed by atoms with Gasteiger partial charge in [0.25, 0.3) is 0 Å². The van der Waals surface area contributed by atoms with Crippen LogP contribution in [-0.2, 0) is 14.3 Å². The van der Waals surface area contributed by atoms with E-state index in [-0.39, 0.29) is 5.41 Å². The average molecular weight is 285 g/mol. The zero-order valence-corrected chi connectivity index (χ0v) is 12.3. The van der Waals surface area contributed by atoms with Crippen molar-refractivity contribution in [3.8, 4) is 0 Å². The monoisotopic (exact) mass is 285 g/mol. The maximum atomic E-state index is 11.7. The van der Waals surface area contributed by atoms with Crippen molar-refractivity contribution in [3.63, 3.8) is 0 Å². The van der Waals surface area contributed by atoms with E-state index >= 15 is 0 Å². The number of ether oxygens (including phenoxy) is 2. The molecule has 20 heavy (non-hydrogen) atoms. The first-order valence-electron chi connectivity index (χ1n) is 7.01. The Morgan fingerprint density at radius 2 is 1.85 bits per heavy atom. The maximum absolute atomic E-state index is 11.7. The summed E-state index contributed by atoms with van der Waals surface area (Å²) in [6, 6.07) is 0. The van der Waals surface area contributed by atoms with Gasteiger partial charge in [0.05, 0.1) is 6.61 Å². The number of hydrogen-bond donors (Lipinski definition) is 2. The molecule has 0 radical (unpaired) electrons. The Balaban J connectivity index is 1.87. The number of carboxylic acids is 1. The number of aliphatic carboxylic acids is 1. The third-order valence-corrected chi connectivity index (χ3v) is 4.17. The molecule has 2 heterocycles. The fraction of sp³-hybridized carbons (Fsp3) is 0.857. The molecule has 114 valence electrons. The number of fused-ring (bicyclic) bond motifs is 3. The number of rotatable bonds is 3. The van der Waals surface area contributed by atoms with Crippen molar-refractivity contribution in [1.29, 1.82) is 0 Å². The zero-order chi connectivity index (χ0) is 15.0. The van der Waals surface area contributed by atoms with E-state index in [0.29, 0.717) is 26.0 Å². The van der Waals surface area contributed by atoms with Crippen molar-refractivity contribution in [3.05, 3.63) is 0 Å². The largest absolute Gasteiger partial charge is 0.479 e. The van der Waals surface area contributed by atoms with Crippen LogP contribution < -0.4 is 5.32 Å². The Morgan fingerprint density at radius 1 is 1.25 bits per heavy atom. The third-order valence-electron chi connectivity index (χ3n) is 4.17. The normalized spacial score (nSPS) is 32.8. The second-order valence-corrected chi connectivity index (χ2v) is 6.94. The van der Waals surface area contributed by atoms with Crippen molar-refractivity contribution in [2.45, 2.75) is 57.7 Å². The van der Waals surface area contributed by atoms with Crippen LogP contribution in [0.25, 0.3) is 0 Å². The Labute approximate surface area is 118 Å². The van der Waals surface area contributed by atoms with Gasteiger partial charge in [-0.2, -0.15) is 0 Å². The highest BCUT2D eigenvalue weighted by Gasteiger charge is 2.54. The fourth-order valence-corrected chi connectivity index (χ4v) is 2.84. The summed E-state index contributed by atoms with van der Waals surface area (Å²) in [7, 11) is 0. The summed E-state index contributed by atoms with van der Waals surface area (Å²) >= 11 is 0. The van der Waals surface area contributed by atoms with Gasteiger partial charge in [-0.05, 0) is 46.5 Å². The lowest BCUT2D eigenvalue weighted by atomic mass is 9.66. The molecule has 1 amide bonds. The topological polar surface area (TPSA) is 84.9 Å². The van der Waals surface area contributed by atoms with E-state index in [1.165, 1.54) is 0 Å². The molecule has 0 aromatic carbocycles. The lowest BCUT2D eigenvalue weighted by molar-refractivity contribution is -0.206. The van der Waals surface area contributed by atoms with Crippen LogP contribution in [0.5, 0.6) is 0 Å². The van der Waals surface area contributed by atoms with Gasteiger partial charge in [-0.1, -0.05) is 0 Å². The lowest BCUT2D eigenvalue weighted by Crippen LogP contribution is -2.58. The SMILES string of the molecule is CC(C)(C)OC(=O)NCC12CCC(C(=O)O)(CC1)OC2. The Kier molecular flexibility index (Phi) is 3.71. The van der Waals surface area contributed by atoms with Crippen molar-refractivity contribution in [2.75, 3.05) is 13.2 Å². The molecule has 0 atom stereocenters. The molecule has 0 unspecified atom stereocenters. The molecular weight excluding hydrogens is 262 g/mol. The molecule has 1 saturated carbocycles. The standard InChI is InChI=1S/C14H23NO5/c1-12(2,3)20-11(18)15-8-13-4-6-14(7-5-13,10(16)17)19-9-13/h4-9H2,1-3H3,(H,15,18)(H,16,17). The molecule has 2 N–H and O–H groups in total. The van der Waals surface area contributed by atoms with Crippen molar-refractivity contribution >= 4 is 12.1 Å². The molecule has 3 fully saturated rings. The first-order chi connectivity index (χ1) is 9.17. The van der Waals surface area contributed by atoms with Crippen LogP contribution in [0.15, 0.2) is 0 Å². The minimum Gasteiger partial charge on any atom is -0.479 e. The Hall–Kier alpha value is -1.30. The van der Waals surface area contributed by atoms with E-state index in [4.69, 9.17) is 9.47 Å². The molecule has 0 aromatic heterocycles. The quantitative estimate of drug-likeness (QED) is 0.827. The predicted molar refractivity (Wildman–Crippen MR) is 71.5 cm³/mol. The molecule has 3 aliphatic rings. The molecule has 2 aliphatic heterocycles. The number of carbonyl (C=O) groups excluding carboxylic acids is 1. The summed E-state index contributed by atoms with van der Waals surface area (Å²) in [4.78, 5) is 22.9. The number of amides is 1. The van der Waals surface area contributed by atoms with Gasteiger partial charge in [-0.25, -0.2) is 9.59 Å². The summed E-state index contributed by atoms with van der Waals surface area (Å²) in [6.07, 6.45) is 2.11. The second kappa shape index (κ2) is 4.91. The summed E-state index contributed by atoms with van der Waals surface area (Å²) in [5, 5.41) is 12.0. The van der Waals surface area contributed by atoms with Gasteiger partial charge in [0.1, 0.15) is 5.60 Å². The summed E-state index contributed by atoms with van der Waals surface area (Å²) in [6.45, 7) is 6.30. The van der Waals surface area contributed by atoms with Gasteiger partial charge >= 0.3 is 12.1 Å². The van der Waals surface area contributed by atoms with E-state index in [2.05, 4.69) is 5.32 Å². The summed E-state index contributed by atoms with van der Waals surface area (Å²) in [5.74, 6) is -0.870. The summed E-state index contributed by atoms with van der Waals surface area (Å²) < 4.78 is 10.8. The number of carbonyl (C=O) groups is 2. The third kappa shape index (κ3) is 3.06. The van der Waals surface area contributed by atoms with Crippen LogP contribution in [-0.4, -0.2) is 41.5 Å². The van der Waals surface area contributed by atoms with Crippen LogP contribution in [0.2, 0.25) is 0 Å². The van der Waals surface area contributed by atoms with Crippen LogP contribution in [0.3, 0.4) is 0 Å². The molecule has 2 bridgehead atoms. The van der Waals surface area contributed by atoms with E-state index in [0.717, 1.165) is 12.8 Å². The minimum absolute atomic E-state index is 0.145.